The average Bonchev–Trinajstić information content (AvgIpc) is 3.00. The second kappa shape index (κ2) is 9.48. The zero-order valence-corrected chi connectivity index (χ0v) is 18.3. The van der Waals surface area contributed by atoms with E-state index in [-0.39, 0.29) is 11.8 Å². The van der Waals surface area contributed by atoms with Crippen molar-refractivity contribution in [3.8, 4) is 0 Å². The molecule has 5 heterocycles. The summed E-state index contributed by atoms with van der Waals surface area (Å²) in [5.74, 6) is 2.16. The number of ether oxygens (including phenoxy) is 1. The van der Waals surface area contributed by atoms with Gasteiger partial charge in [-0.1, -0.05) is 6.42 Å². The second-order valence-electron chi connectivity index (χ2n) is 8.89. The normalized spacial score (nSPS) is 22.8. The van der Waals surface area contributed by atoms with Crippen LogP contribution in [0.4, 0.5) is 5.82 Å². The molecule has 1 amide bonds. The minimum Gasteiger partial charge on any atom is -0.379 e. The molecule has 9 nitrogen and oxygen atoms in total. The smallest absolute Gasteiger partial charge is 0.224 e. The van der Waals surface area contributed by atoms with E-state index in [2.05, 4.69) is 29.7 Å². The quantitative estimate of drug-likeness (QED) is 0.767. The van der Waals surface area contributed by atoms with Gasteiger partial charge in [-0.2, -0.15) is 0 Å². The first-order valence-corrected chi connectivity index (χ1v) is 11.8. The highest BCUT2D eigenvalue weighted by Crippen LogP contribution is 2.29. The fourth-order valence-electron chi connectivity index (χ4n) is 5.05. The summed E-state index contributed by atoms with van der Waals surface area (Å²) in [5, 5.41) is 3.15. The van der Waals surface area contributed by atoms with Gasteiger partial charge in [0.1, 0.15) is 12.2 Å². The predicted molar refractivity (Wildman–Crippen MR) is 118 cm³/mol. The molecule has 2 saturated heterocycles. The third-order valence-electron chi connectivity index (χ3n) is 6.80. The Kier molecular flexibility index (Phi) is 6.31. The van der Waals surface area contributed by atoms with Crippen LogP contribution in [0, 0.1) is 5.92 Å². The Hall–Kier alpha value is -2.26. The number of hydrogen-bond donors (Lipinski definition) is 1. The number of nitrogens with zero attached hydrogens (tertiary/aromatic N) is 6. The summed E-state index contributed by atoms with van der Waals surface area (Å²) in [7, 11) is 0. The third-order valence-corrected chi connectivity index (χ3v) is 6.80. The lowest BCUT2D eigenvalue weighted by Crippen LogP contribution is -2.46. The molecule has 5 rings (SSSR count). The molecule has 0 radical (unpaired) electrons. The van der Waals surface area contributed by atoms with Gasteiger partial charge in [-0.25, -0.2) is 15.0 Å². The van der Waals surface area contributed by atoms with Crippen LogP contribution in [-0.4, -0.2) is 82.8 Å². The Morgan fingerprint density at radius 1 is 1.10 bits per heavy atom. The van der Waals surface area contributed by atoms with Crippen LogP contribution in [0.3, 0.4) is 0 Å². The SMILES string of the molecule is O=C(NCCN1CCOCC1)C1CCCN(c2ncnc3c2nc2n3CCCCC2)C1. The Balaban J connectivity index is 1.25. The Bertz CT molecular complexity index is 909. The molecule has 0 aliphatic carbocycles. The number of aryl methyl sites for hydroxylation is 2. The molecule has 3 aliphatic heterocycles. The van der Waals surface area contributed by atoms with E-state index in [9.17, 15) is 4.79 Å². The lowest BCUT2D eigenvalue weighted by Gasteiger charge is -2.33. The summed E-state index contributed by atoms with van der Waals surface area (Å²) >= 11 is 0. The van der Waals surface area contributed by atoms with Crippen LogP contribution in [-0.2, 0) is 22.5 Å². The van der Waals surface area contributed by atoms with Crippen LogP contribution in [0.15, 0.2) is 6.33 Å². The van der Waals surface area contributed by atoms with E-state index in [1.54, 1.807) is 6.33 Å². The van der Waals surface area contributed by atoms with E-state index >= 15 is 0 Å². The molecule has 1 atom stereocenters. The Labute approximate surface area is 183 Å². The molecule has 1 N–H and O–H groups in total. The predicted octanol–water partition coefficient (Wildman–Crippen LogP) is 1.22. The number of amides is 1. The topological polar surface area (TPSA) is 88.4 Å². The van der Waals surface area contributed by atoms with Gasteiger partial charge < -0.3 is 19.5 Å². The van der Waals surface area contributed by atoms with Gasteiger partial charge >= 0.3 is 0 Å². The van der Waals surface area contributed by atoms with Crippen molar-refractivity contribution in [3.05, 3.63) is 12.2 Å². The van der Waals surface area contributed by atoms with E-state index in [1.807, 2.05) is 0 Å². The van der Waals surface area contributed by atoms with E-state index in [4.69, 9.17) is 9.72 Å². The molecule has 0 bridgehead atoms. The summed E-state index contributed by atoms with van der Waals surface area (Å²) in [6.07, 6.45) is 8.18. The molecule has 168 valence electrons. The minimum atomic E-state index is -0.0103. The van der Waals surface area contributed by atoms with Crippen LogP contribution >= 0.6 is 0 Å². The largest absolute Gasteiger partial charge is 0.379 e. The number of hydrogen-bond acceptors (Lipinski definition) is 7. The number of rotatable bonds is 5. The standard InChI is InChI=1S/C22H33N7O2/c30-22(23-7-10-27-11-13-31-14-12-27)17-5-4-8-28(15-17)20-19-21(25-16-24-20)29-9-3-1-2-6-18(29)26-19/h16-17H,1-15H2,(H,23,30). The number of carbonyl (C=O) groups is 1. The van der Waals surface area contributed by atoms with Gasteiger partial charge in [-0.15, -0.1) is 0 Å². The lowest BCUT2D eigenvalue weighted by atomic mass is 9.97. The van der Waals surface area contributed by atoms with Gasteiger partial charge in [0.15, 0.2) is 17.0 Å². The number of imidazole rings is 1. The second-order valence-corrected chi connectivity index (χ2v) is 8.89. The zero-order chi connectivity index (χ0) is 21.0. The number of piperidine rings is 1. The van der Waals surface area contributed by atoms with Gasteiger partial charge in [-0.05, 0) is 25.7 Å². The van der Waals surface area contributed by atoms with E-state index in [0.717, 1.165) is 88.0 Å². The van der Waals surface area contributed by atoms with Crippen LogP contribution < -0.4 is 10.2 Å². The number of anilines is 1. The maximum atomic E-state index is 12.8. The van der Waals surface area contributed by atoms with Gasteiger partial charge in [0.25, 0.3) is 0 Å². The fraction of sp³-hybridized carbons (Fsp3) is 0.727. The summed E-state index contributed by atoms with van der Waals surface area (Å²) in [5.41, 5.74) is 1.84. The van der Waals surface area contributed by atoms with Crippen molar-refractivity contribution in [1.29, 1.82) is 0 Å². The monoisotopic (exact) mass is 427 g/mol. The first kappa shape index (κ1) is 20.6. The van der Waals surface area contributed by atoms with Crippen molar-refractivity contribution in [2.24, 2.45) is 5.92 Å². The molecular weight excluding hydrogens is 394 g/mol. The van der Waals surface area contributed by atoms with Crippen molar-refractivity contribution in [2.75, 3.05) is 57.4 Å². The Morgan fingerprint density at radius 3 is 2.90 bits per heavy atom. The third kappa shape index (κ3) is 4.52. The summed E-state index contributed by atoms with van der Waals surface area (Å²) in [6.45, 7) is 7.64. The number of fused-ring (bicyclic) bond motifs is 3. The minimum absolute atomic E-state index is 0.0103. The van der Waals surface area contributed by atoms with Gasteiger partial charge in [0, 0.05) is 52.2 Å². The number of carbonyl (C=O) groups excluding carboxylic acids is 1. The molecule has 1 unspecified atom stereocenters. The number of nitrogens with one attached hydrogen (secondary N) is 1. The van der Waals surface area contributed by atoms with E-state index < -0.39 is 0 Å². The maximum absolute atomic E-state index is 12.8. The molecular formula is C22H33N7O2. The Morgan fingerprint density at radius 2 is 2.00 bits per heavy atom. The molecule has 2 aromatic heterocycles. The number of morpholine rings is 1. The maximum Gasteiger partial charge on any atom is 0.224 e. The summed E-state index contributed by atoms with van der Waals surface area (Å²) in [6, 6.07) is 0. The lowest BCUT2D eigenvalue weighted by molar-refractivity contribution is -0.125. The first-order chi connectivity index (χ1) is 15.3. The molecule has 0 saturated carbocycles. The van der Waals surface area contributed by atoms with Gasteiger partial charge in [0.05, 0.1) is 19.1 Å². The van der Waals surface area contributed by atoms with E-state index in [0.29, 0.717) is 13.1 Å². The molecule has 2 aromatic rings. The highest BCUT2D eigenvalue weighted by atomic mass is 16.5. The van der Waals surface area contributed by atoms with E-state index in [1.165, 1.54) is 19.3 Å². The van der Waals surface area contributed by atoms with Gasteiger partial charge in [-0.3, -0.25) is 9.69 Å². The summed E-state index contributed by atoms with van der Waals surface area (Å²) < 4.78 is 7.66. The molecule has 9 heteroatoms. The number of aromatic nitrogens is 4. The highest BCUT2D eigenvalue weighted by Gasteiger charge is 2.29. The molecule has 0 aromatic carbocycles. The molecule has 31 heavy (non-hydrogen) atoms. The van der Waals surface area contributed by atoms with Gasteiger partial charge in [0.2, 0.25) is 5.91 Å². The molecule has 2 fully saturated rings. The van der Waals surface area contributed by atoms with Crippen molar-refractivity contribution in [3.63, 3.8) is 0 Å². The highest BCUT2D eigenvalue weighted by molar-refractivity contribution is 5.85. The van der Waals surface area contributed by atoms with Crippen LogP contribution in [0.5, 0.6) is 0 Å². The summed E-state index contributed by atoms with van der Waals surface area (Å²) in [4.78, 5) is 31.5. The van der Waals surface area contributed by atoms with Crippen LogP contribution in [0.2, 0.25) is 0 Å². The van der Waals surface area contributed by atoms with Crippen molar-refractivity contribution < 1.29 is 9.53 Å². The molecule has 3 aliphatic rings. The van der Waals surface area contributed by atoms with Crippen molar-refractivity contribution in [1.82, 2.24) is 29.7 Å². The molecule has 0 spiro atoms. The first-order valence-electron chi connectivity index (χ1n) is 11.8. The van der Waals surface area contributed by atoms with Crippen molar-refractivity contribution >= 4 is 22.9 Å². The average molecular weight is 428 g/mol. The van der Waals surface area contributed by atoms with Crippen LogP contribution in [0.1, 0.15) is 37.9 Å². The van der Waals surface area contributed by atoms with Crippen LogP contribution in [0.25, 0.3) is 11.2 Å². The fourth-order valence-corrected chi connectivity index (χ4v) is 5.05. The van der Waals surface area contributed by atoms with Crippen molar-refractivity contribution in [2.45, 2.75) is 45.1 Å². The zero-order valence-electron chi connectivity index (χ0n) is 18.3.